The van der Waals surface area contributed by atoms with E-state index in [2.05, 4.69) is 10.3 Å². The van der Waals surface area contributed by atoms with Gasteiger partial charge in [0.2, 0.25) is 6.79 Å². The average Bonchev–Trinajstić information content (AvgIpc) is 2.87. The molecule has 1 aliphatic rings. The van der Waals surface area contributed by atoms with E-state index in [1.807, 2.05) is 18.2 Å². The Morgan fingerprint density at radius 1 is 1.31 bits per heavy atom. The maximum absolute atomic E-state index is 5.74. The van der Waals surface area contributed by atoms with E-state index in [9.17, 15) is 0 Å². The number of nitrogens with one attached hydrogen (secondary N) is 1. The van der Waals surface area contributed by atoms with Crippen molar-refractivity contribution in [2.45, 2.75) is 0 Å². The van der Waals surface area contributed by atoms with Crippen LogP contribution >= 0.6 is 22.9 Å². The zero-order valence-electron chi connectivity index (χ0n) is 8.07. The second-order valence-corrected chi connectivity index (χ2v) is 4.41. The molecule has 1 aromatic heterocycles. The number of nitrogens with zero attached hydrogens (tertiary/aromatic N) is 1. The maximum atomic E-state index is 5.74. The molecule has 16 heavy (non-hydrogen) atoms. The number of thiazole rings is 1. The molecule has 6 heteroatoms. The quantitative estimate of drug-likeness (QED) is 0.893. The van der Waals surface area contributed by atoms with Crippen LogP contribution in [0.1, 0.15) is 0 Å². The minimum Gasteiger partial charge on any atom is -0.454 e. The number of fused-ring (bicyclic) bond motifs is 1. The summed E-state index contributed by atoms with van der Waals surface area (Å²) in [5.41, 5.74) is 0.898. The molecular formula is C10H7ClN2O2S. The molecule has 1 N–H and O–H groups in total. The van der Waals surface area contributed by atoms with Crippen LogP contribution in [0.5, 0.6) is 11.5 Å². The van der Waals surface area contributed by atoms with Gasteiger partial charge in [-0.3, -0.25) is 0 Å². The SMILES string of the molecule is Clc1csc(Nc2ccc3c(c2)OCO3)n1. The topological polar surface area (TPSA) is 43.4 Å². The summed E-state index contributed by atoms with van der Waals surface area (Å²) in [6.45, 7) is 0.280. The van der Waals surface area contributed by atoms with Crippen LogP contribution in [0, 0.1) is 0 Å². The summed E-state index contributed by atoms with van der Waals surface area (Å²) < 4.78 is 10.5. The highest BCUT2D eigenvalue weighted by molar-refractivity contribution is 7.14. The lowest BCUT2D eigenvalue weighted by atomic mass is 10.3. The number of anilines is 2. The van der Waals surface area contributed by atoms with Gasteiger partial charge >= 0.3 is 0 Å². The monoisotopic (exact) mass is 254 g/mol. The van der Waals surface area contributed by atoms with E-state index in [1.54, 1.807) is 5.38 Å². The van der Waals surface area contributed by atoms with E-state index in [-0.39, 0.29) is 6.79 Å². The molecule has 3 rings (SSSR count). The third-order valence-electron chi connectivity index (χ3n) is 2.10. The van der Waals surface area contributed by atoms with Crippen molar-refractivity contribution >= 4 is 33.8 Å². The Balaban J connectivity index is 1.85. The fourth-order valence-electron chi connectivity index (χ4n) is 1.41. The van der Waals surface area contributed by atoms with Crippen LogP contribution in [0.2, 0.25) is 5.15 Å². The molecule has 1 aliphatic heterocycles. The molecule has 0 saturated heterocycles. The van der Waals surface area contributed by atoms with Gasteiger partial charge < -0.3 is 14.8 Å². The normalized spacial score (nSPS) is 12.8. The molecule has 82 valence electrons. The number of benzene rings is 1. The van der Waals surface area contributed by atoms with Crippen LogP contribution in [-0.4, -0.2) is 11.8 Å². The lowest BCUT2D eigenvalue weighted by Crippen LogP contribution is -1.93. The molecule has 0 spiro atoms. The van der Waals surface area contributed by atoms with Gasteiger partial charge in [-0.25, -0.2) is 4.98 Å². The van der Waals surface area contributed by atoms with Gasteiger partial charge in [-0.05, 0) is 12.1 Å². The number of rotatable bonds is 2. The highest BCUT2D eigenvalue weighted by Crippen LogP contribution is 2.35. The van der Waals surface area contributed by atoms with Gasteiger partial charge in [0, 0.05) is 17.1 Å². The van der Waals surface area contributed by atoms with Crippen molar-refractivity contribution in [2.24, 2.45) is 0 Å². The van der Waals surface area contributed by atoms with Crippen LogP contribution < -0.4 is 14.8 Å². The highest BCUT2D eigenvalue weighted by Gasteiger charge is 2.13. The van der Waals surface area contributed by atoms with Crippen molar-refractivity contribution in [1.29, 1.82) is 0 Å². The smallest absolute Gasteiger partial charge is 0.231 e. The van der Waals surface area contributed by atoms with Crippen molar-refractivity contribution in [3.05, 3.63) is 28.7 Å². The molecule has 4 nitrogen and oxygen atoms in total. The summed E-state index contributed by atoms with van der Waals surface area (Å²) in [7, 11) is 0. The molecule has 0 unspecified atom stereocenters. The molecule has 1 aromatic carbocycles. The van der Waals surface area contributed by atoms with Gasteiger partial charge in [0.25, 0.3) is 0 Å². The Hall–Kier alpha value is -1.46. The molecule has 2 aromatic rings. The fourth-order valence-corrected chi connectivity index (χ4v) is 2.27. The Kier molecular flexibility index (Phi) is 2.34. The number of aromatic nitrogens is 1. The molecule has 0 radical (unpaired) electrons. The van der Waals surface area contributed by atoms with Crippen molar-refractivity contribution in [2.75, 3.05) is 12.1 Å². The van der Waals surface area contributed by atoms with Gasteiger partial charge in [-0.2, -0.15) is 0 Å². The first-order valence-electron chi connectivity index (χ1n) is 4.59. The van der Waals surface area contributed by atoms with Gasteiger partial charge in [-0.1, -0.05) is 11.6 Å². The molecule has 0 saturated carbocycles. The first kappa shape index (κ1) is 9.74. The standard InChI is InChI=1S/C10H7ClN2O2S/c11-9-4-16-10(13-9)12-6-1-2-7-8(3-6)15-5-14-7/h1-4H,5H2,(H,12,13). The van der Waals surface area contributed by atoms with Crippen LogP contribution in [0.15, 0.2) is 23.6 Å². The molecule has 0 aliphatic carbocycles. The van der Waals surface area contributed by atoms with E-state index in [1.165, 1.54) is 11.3 Å². The Morgan fingerprint density at radius 3 is 3.00 bits per heavy atom. The van der Waals surface area contributed by atoms with E-state index in [0.717, 1.165) is 22.3 Å². The average molecular weight is 255 g/mol. The van der Waals surface area contributed by atoms with Crippen LogP contribution in [0.4, 0.5) is 10.8 Å². The van der Waals surface area contributed by atoms with Gasteiger partial charge in [0.15, 0.2) is 16.6 Å². The summed E-state index contributed by atoms with van der Waals surface area (Å²) in [4.78, 5) is 4.10. The Morgan fingerprint density at radius 2 is 2.19 bits per heavy atom. The van der Waals surface area contributed by atoms with Crippen molar-refractivity contribution in [3.8, 4) is 11.5 Å². The van der Waals surface area contributed by atoms with Gasteiger partial charge in [0.1, 0.15) is 5.15 Å². The predicted octanol–water partition coefficient (Wildman–Crippen LogP) is 3.27. The van der Waals surface area contributed by atoms with Crippen molar-refractivity contribution in [3.63, 3.8) is 0 Å². The van der Waals surface area contributed by atoms with Crippen molar-refractivity contribution < 1.29 is 9.47 Å². The minimum absolute atomic E-state index is 0.280. The van der Waals surface area contributed by atoms with Crippen LogP contribution in [-0.2, 0) is 0 Å². The third kappa shape index (κ3) is 1.79. The lowest BCUT2D eigenvalue weighted by Gasteiger charge is -2.03. The third-order valence-corrected chi connectivity index (χ3v) is 3.18. The van der Waals surface area contributed by atoms with Gasteiger partial charge in [0.05, 0.1) is 0 Å². The zero-order valence-corrected chi connectivity index (χ0v) is 9.64. The van der Waals surface area contributed by atoms with E-state index in [0.29, 0.717) is 5.15 Å². The highest BCUT2D eigenvalue weighted by atomic mass is 35.5. The first-order valence-corrected chi connectivity index (χ1v) is 5.85. The largest absolute Gasteiger partial charge is 0.454 e. The van der Waals surface area contributed by atoms with E-state index >= 15 is 0 Å². The number of halogens is 1. The van der Waals surface area contributed by atoms with Crippen LogP contribution in [0.25, 0.3) is 0 Å². The second-order valence-electron chi connectivity index (χ2n) is 3.17. The zero-order chi connectivity index (χ0) is 11.0. The predicted molar refractivity (Wildman–Crippen MR) is 63.0 cm³/mol. The number of hydrogen-bond acceptors (Lipinski definition) is 5. The molecule has 0 amide bonds. The summed E-state index contributed by atoms with van der Waals surface area (Å²) in [6.07, 6.45) is 0. The summed E-state index contributed by atoms with van der Waals surface area (Å²) in [6, 6.07) is 5.64. The van der Waals surface area contributed by atoms with E-state index in [4.69, 9.17) is 21.1 Å². The van der Waals surface area contributed by atoms with Crippen molar-refractivity contribution in [1.82, 2.24) is 4.98 Å². The van der Waals surface area contributed by atoms with Crippen LogP contribution in [0.3, 0.4) is 0 Å². The molecule has 0 bridgehead atoms. The molecule has 2 heterocycles. The Labute approximate surface area is 101 Å². The number of hydrogen-bond donors (Lipinski definition) is 1. The lowest BCUT2D eigenvalue weighted by molar-refractivity contribution is 0.174. The Bertz CT molecular complexity index is 529. The van der Waals surface area contributed by atoms with Gasteiger partial charge in [-0.15, -0.1) is 11.3 Å². The fraction of sp³-hybridized carbons (Fsp3) is 0.100. The number of ether oxygens (including phenoxy) is 2. The summed E-state index contributed by atoms with van der Waals surface area (Å²) in [5.74, 6) is 1.51. The minimum atomic E-state index is 0.280. The summed E-state index contributed by atoms with van der Waals surface area (Å²) >= 11 is 7.19. The molecular weight excluding hydrogens is 248 g/mol. The molecule has 0 atom stereocenters. The van der Waals surface area contributed by atoms with E-state index < -0.39 is 0 Å². The molecule has 0 fully saturated rings. The summed E-state index contributed by atoms with van der Waals surface area (Å²) in [5, 5.41) is 6.16. The maximum Gasteiger partial charge on any atom is 0.231 e. The second kappa shape index (κ2) is 3.84. The first-order chi connectivity index (χ1) is 7.81.